The zero-order chi connectivity index (χ0) is 18.2. The highest BCUT2D eigenvalue weighted by molar-refractivity contribution is 5.90. The highest BCUT2D eigenvalue weighted by Crippen LogP contribution is 2.57. The molecule has 0 radical (unpaired) electrons. The van der Waals surface area contributed by atoms with Crippen LogP contribution in [0.4, 0.5) is 4.39 Å². The molecule has 1 aliphatic heterocycles. The standard InChI is InChI=1S/C22H29FN2O/c1-13-16(5-4-6-19(13)23)12-24-22(2,3)21(26)25(24)20-17-8-14-7-15(10-17)11-18(20)9-14/h4-6,14-15,17-18,20H,7-12H2,1-3H3. The summed E-state index contributed by atoms with van der Waals surface area (Å²) >= 11 is 0. The molecular weight excluding hydrogens is 327 g/mol. The molecule has 3 nitrogen and oxygen atoms in total. The average molecular weight is 356 g/mol. The number of nitrogens with zero attached hydrogens (tertiary/aromatic N) is 2. The van der Waals surface area contributed by atoms with Crippen molar-refractivity contribution < 1.29 is 9.18 Å². The maximum Gasteiger partial charge on any atom is 0.258 e. The van der Waals surface area contributed by atoms with Crippen molar-refractivity contribution in [2.75, 3.05) is 0 Å². The van der Waals surface area contributed by atoms with Crippen LogP contribution in [0.3, 0.4) is 0 Å². The number of hydrogen-bond donors (Lipinski definition) is 0. The van der Waals surface area contributed by atoms with Gasteiger partial charge in [0.15, 0.2) is 0 Å². The van der Waals surface area contributed by atoms with E-state index in [0.717, 1.165) is 17.4 Å². The Bertz CT molecular complexity index is 731. The van der Waals surface area contributed by atoms with Gasteiger partial charge in [0.2, 0.25) is 0 Å². The van der Waals surface area contributed by atoms with Crippen LogP contribution in [0.15, 0.2) is 18.2 Å². The van der Waals surface area contributed by atoms with Crippen LogP contribution in [0.1, 0.15) is 57.1 Å². The fourth-order valence-electron chi connectivity index (χ4n) is 6.58. The summed E-state index contributed by atoms with van der Waals surface area (Å²) in [5.41, 5.74) is 1.19. The van der Waals surface area contributed by atoms with Crippen molar-refractivity contribution >= 4 is 5.91 Å². The van der Waals surface area contributed by atoms with Crippen molar-refractivity contribution in [2.24, 2.45) is 23.7 Å². The monoisotopic (exact) mass is 356 g/mol. The lowest BCUT2D eigenvalue weighted by atomic mass is 9.53. The second-order valence-electron chi connectivity index (χ2n) is 9.71. The molecule has 4 bridgehead atoms. The summed E-state index contributed by atoms with van der Waals surface area (Å²) in [6, 6.07) is 5.66. The molecule has 1 amide bonds. The van der Waals surface area contributed by atoms with E-state index >= 15 is 0 Å². The van der Waals surface area contributed by atoms with E-state index in [1.807, 2.05) is 26.8 Å². The molecule has 1 aromatic carbocycles. The molecule has 0 unspecified atom stereocenters. The van der Waals surface area contributed by atoms with Gasteiger partial charge in [-0.1, -0.05) is 12.1 Å². The lowest BCUT2D eigenvalue weighted by Gasteiger charge is -2.65. The van der Waals surface area contributed by atoms with Crippen molar-refractivity contribution in [1.82, 2.24) is 10.0 Å². The molecule has 1 aromatic rings. The van der Waals surface area contributed by atoms with Gasteiger partial charge in [0.1, 0.15) is 11.4 Å². The molecule has 4 heteroatoms. The van der Waals surface area contributed by atoms with E-state index in [0.29, 0.717) is 30.0 Å². The number of hydrazine groups is 1. The predicted molar refractivity (Wildman–Crippen MR) is 98.4 cm³/mol. The van der Waals surface area contributed by atoms with E-state index in [2.05, 4.69) is 10.0 Å². The SMILES string of the molecule is Cc1c(F)cccc1CN1N(C2C3CC4CC(C3)CC2C4)C(=O)C1(C)C. The Morgan fingerprint density at radius 3 is 2.31 bits per heavy atom. The number of rotatable bonds is 3. The number of halogens is 1. The van der Waals surface area contributed by atoms with Crippen molar-refractivity contribution in [1.29, 1.82) is 0 Å². The molecular formula is C22H29FN2O. The molecule has 0 N–H and O–H groups in total. The zero-order valence-corrected chi connectivity index (χ0v) is 16.0. The third kappa shape index (κ3) is 2.24. The van der Waals surface area contributed by atoms with Gasteiger partial charge in [-0.2, -0.15) is 5.01 Å². The first kappa shape index (κ1) is 16.7. The topological polar surface area (TPSA) is 23.6 Å². The molecule has 140 valence electrons. The lowest BCUT2D eigenvalue weighted by Crippen LogP contribution is -2.79. The lowest BCUT2D eigenvalue weighted by molar-refractivity contribution is -0.251. The number of carbonyl (C=O) groups is 1. The van der Waals surface area contributed by atoms with Gasteiger partial charge < -0.3 is 0 Å². The minimum atomic E-state index is -0.493. The van der Waals surface area contributed by atoms with Crippen LogP contribution < -0.4 is 0 Å². The first-order valence-corrected chi connectivity index (χ1v) is 10.2. The number of benzene rings is 1. The van der Waals surface area contributed by atoms with E-state index < -0.39 is 5.54 Å². The van der Waals surface area contributed by atoms with Gasteiger partial charge in [-0.05, 0) is 93.7 Å². The maximum atomic E-state index is 14.0. The van der Waals surface area contributed by atoms with Crippen molar-refractivity contribution in [3.05, 3.63) is 35.1 Å². The summed E-state index contributed by atoms with van der Waals surface area (Å²) in [4.78, 5) is 13.1. The van der Waals surface area contributed by atoms with Crippen molar-refractivity contribution in [2.45, 2.75) is 71.0 Å². The smallest absolute Gasteiger partial charge is 0.258 e. The van der Waals surface area contributed by atoms with Crippen LogP contribution in [0.25, 0.3) is 0 Å². The Labute approximate surface area is 155 Å². The summed E-state index contributed by atoms with van der Waals surface area (Å²) in [6.07, 6.45) is 6.62. The van der Waals surface area contributed by atoms with Gasteiger partial charge in [0, 0.05) is 6.54 Å². The molecule has 4 saturated carbocycles. The molecule has 5 aliphatic rings. The summed E-state index contributed by atoms with van der Waals surface area (Å²) in [7, 11) is 0. The van der Waals surface area contributed by atoms with Crippen LogP contribution in [-0.4, -0.2) is 27.5 Å². The zero-order valence-electron chi connectivity index (χ0n) is 16.0. The van der Waals surface area contributed by atoms with E-state index in [9.17, 15) is 9.18 Å². The largest absolute Gasteiger partial charge is 0.271 e. The second-order valence-corrected chi connectivity index (χ2v) is 9.71. The molecule has 0 aromatic heterocycles. The van der Waals surface area contributed by atoms with Crippen LogP contribution in [0, 0.1) is 36.4 Å². The Balaban J connectivity index is 1.44. The van der Waals surface area contributed by atoms with E-state index in [1.165, 1.54) is 38.2 Å². The quantitative estimate of drug-likeness (QED) is 0.806. The van der Waals surface area contributed by atoms with Crippen LogP contribution >= 0.6 is 0 Å². The predicted octanol–water partition coefficient (Wildman–Crippen LogP) is 4.30. The third-order valence-corrected chi connectivity index (χ3v) is 7.80. The molecule has 26 heavy (non-hydrogen) atoms. The van der Waals surface area contributed by atoms with Gasteiger partial charge in [-0.3, -0.25) is 9.80 Å². The van der Waals surface area contributed by atoms with Gasteiger partial charge in [-0.25, -0.2) is 4.39 Å². The van der Waals surface area contributed by atoms with Gasteiger partial charge in [0.05, 0.1) is 6.04 Å². The molecule has 0 atom stereocenters. The van der Waals surface area contributed by atoms with E-state index in [1.54, 1.807) is 6.07 Å². The Kier molecular flexibility index (Phi) is 3.57. The Hall–Kier alpha value is -1.42. The fraction of sp³-hybridized carbons (Fsp3) is 0.682. The second kappa shape index (κ2) is 5.54. The maximum absolute atomic E-state index is 14.0. The number of carbonyl (C=O) groups excluding carboxylic acids is 1. The summed E-state index contributed by atoms with van der Waals surface area (Å²) < 4.78 is 14.0. The van der Waals surface area contributed by atoms with E-state index in [4.69, 9.17) is 0 Å². The van der Waals surface area contributed by atoms with Crippen LogP contribution in [0.5, 0.6) is 0 Å². The molecule has 0 spiro atoms. The van der Waals surface area contributed by atoms with Crippen LogP contribution in [0.2, 0.25) is 0 Å². The molecule has 1 heterocycles. The summed E-state index contributed by atoms with van der Waals surface area (Å²) in [5, 5.41) is 4.32. The van der Waals surface area contributed by atoms with Gasteiger partial charge >= 0.3 is 0 Å². The Morgan fingerprint density at radius 2 is 1.69 bits per heavy atom. The van der Waals surface area contributed by atoms with Crippen molar-refractivity contribution in [3.63, 3.8) is 0 Å². The van der Waals surface area contributed by atoms with Crippen molar-refractivity contribution in [3.8, 4) is 0 Å². The minimum Gasteiger partial charge on any atom is -0.271 e. The third-order valence-electron chi connectivity index (χ3n) is 7.80. The van der Waals surface area contributed by atoms with Gasteiger partial charge in [0.25, 0.3) is 5.91 Å². The first-order valence-electron chi connectivity index (χ1n) is 10.2. The minimum absolute atomic E-state index is 0.159. The first-order chi connectivity index (χ1) is 12.4. The normalized spacial score (nSPS) is 37.9. The number of amides is 1. The molecule has 4 aliphatic carbocycles. The molecule has 5 fully saturated rings. The molecule has 6 rings (SSSR count). The van der Waals surface area contributed by atoms with Crippen LogP contribution in [-0.2, 0) is 11.3 Å². The molecule has 1 saturated heterocycles. The van der Waals surface area contributed by atoms with E-state index in [-0.39, 0.29) is 11.7 Å². The summed E-state index contributed by atoms with van der Waals surface area (Å²) in [5.74, 6) is 3.23. The highest BCUT2D eigenvalue weighted by atomic mass is 19.1. The fourth-order valence-corrected chi connectivity index (χ4v) is 6.58. The average Bonchev–Trinajstić information content (AvgIpc) is 2.59. The summed E-state index contributed by atoms with van der Waals surface area (Å²) in [6.45, 7) is 6.48. The number of hydrogen-bond acceptors (Lipinski definition) is 2. The Morgan fingerprint density at radius 1 is 1.08 bits per heavy atom. The van der Waals surface area contributed by atoms with Gasteiger partial charge in [-0.15, -0.1) is 0 Å². The highest BCUT2D eigenvalue weighted by Gasteiger charge is 2.60.